The molecule has 0 bridgehead atoms. The van der Waals surface area contributed by atoms with E-state index in [1.165, 1.54) is 0 Å². The highest BCUT2D eigenvalue weighted by Gasteiger charge is 2.38. The monoisotopic (exact) mass is 438 g/mol. The first-order valence-corrected chi connectivity index (χ1v) is 8.79. The third kappa shape index (κ3) is 4.58. The van der Waals surface area contributed by atoms with Crippen molar-refractivity contribution < 1.29 is 40.1 Å². The lowest BCUT2D eigenvalue weighted by atomic mass is 10.2. The molecule has 0 heterocycles. The van der Waals surface area contributed by atoms with E-state index in [1.54, 1.807) is 0 Å². The van der Waals surface area contributed by atoms with Crippen molar-refractivity contribution >= 4 is 28.4 Å². The Balaban J connectivity index is 2.28. The van der Waals surface area contributed by atoms with Crippen LogP contribution in [0.2, 0.25) is 0 Å². The van der Waals surface area contributed by atoms with Gasteiger partial charge in [0, 0.05) is 14.1 Å². The van der Waals surface area contributed by atoms with Gasteiger partial charge in [-0.3, -0.25) is 14.6 Å². The van der Waals surface area contributed by atoms with E-state index in [1.807, 2.05) is 0 Å². The number of hydrogen-bond donors (Lipinski definition) is 0. The second-order valence-corrected chi connectivity index (χ2v) is 7.11. The van der Waals surface area contributed by atoms with Crippen molar-refractivity contribution in [1.29, 1.82) is 0 Å². The Labute approximate surface area is 163 Å². The summed E-state index contributed by atoms with van der Waals surface area (Å²) in [6, 6.07) is 3.40. The molecule has 2 aromatic rings. The van der Waals surface area contributed by atoms with E-state index in [-0.39, 0.29) is 0 Å². The molecule has 0 aliphatic rings. The lowest BCUT2D eigenvalue weighted by Gasteiger charge is -2.24. The number of imide groups is 1. The fraction of sp³-hybridized carbons (Fsp3) is 0.176. The minimum atomic E-state index is -5.10. The molecule has 156 valence electrons. The Hall–Kier alpha value is -2.89. The second-order valence-electron chi connectivity index (χ2n) is 5.63. The predicted octanol–water partition coefficient (Wildman–Crippen LogP) is 4.06. The van der Waals surface area contributed by atoms with Crippen LogP contribution in [0.1, 0.15) is 10.4 Å². The Morgan fingerprint density at radius 2 is 1.59 bits per heavy atom. The SMILES string of the molecule is CN(C(=O)c1cccc(F)c1F)C(=O)N(C)c1ccc(S(=O)C(F)(F)F)cc1F. The van der Waals surface area contributed by atoms with Crippen molar-refractivity contribution in [2.24, 2.45) is 0 Å². The van der Waals surface area contributed by atoms with E-state index in [9.17, 15) is 40.1 Å². The van der Waals surface area contributed by atoms with Crippen molar-refractivity contribution in [2.45, 2.75) is 10.4 Å². The van der Waals surface area contributed by atoms with E-state index >= 15 is 0 Å². The Kier molecular flexibility index (Phi) is 6.36. The van der Waals surface area contributed by atoms with E-state index in [0.29, 0.717) is 21.9 Å². The van der Waals surface area contributed by atoms with E-state index in [0.717, 1.165) is 38.4 Å². The third-order valence-electron chi connectivity index (χ3n) is 3.77. The minimum Gasteiger partial charge on any atom is -0.294 e. The number of urea groups is 1. The van der Waals surface area contributed by atoms with Gasteiger partial charge in [-0.1, -0.05) is 6.07 Å². The van der Waals surface area contributed by atoms with Crippen LogP contribution in [0.5, 0.6) is 0 Å². The van der Waals surface area contributed by atoms with Gasteiger partial charge in [0.15, 0.2) is 22.4 Å². The number of benzene rings is 2. The first kappa shape index (κ1) is 22.4. The number of rotatable bonds is 3. The Bertz CT molecular complexity index is 996. The van der Waals surface area contributed by atoms with Crippen LogP contribution in [0.3, 0.4) is 0 Å². The van der Waals surface area contributed by atoms with Crippen LogP contribution < -0.4 is 4.90 Å². The number of alkyl halides is 3. The molecular weight excluding hydrogens is 426 g/mol. The molecule has 0 saturated carbocycles. The average molecular weight is 438 g/mol. The zero-order valence-electron chi connectivity index (χ0n) is 14.8. The van der Waals surface area contributed by atoms with Gasteiger partial charge in [-0.25, -0.2) is 22.2 Å². The van der Waals surface area contributed by atoms with Gasteiger partial charge in [-0.2, -0.15) is 13.2 Å². The van der Waals surface area contributed by atoms with Gasteiger partial charge < -0.3 is 0 Å². The molecule has 3 amide bonds. The highest BCUT2D eigenvalue weighted by atomic mass is 32.2. The summed E-state index contributed by atoms with van der Waals surface area (Å²) in [5, 5.41) is 0. The number of anilines is 1. The first-order chi connectivity index (χ1) is 13.4. The maximum absolute atomic E-state index is 14.2. The lowest BCUT2D eigenvalue weighted by molar-refractivity contribution is -0.0384. The van der Waals surface area contributed by atoms with Crippen LogP contribution in [-0.2, 0) is 10.8 Å². The van der Waals surface area contributed by atoms with E-state index in [2.05, 4.69) is 0 Å². The molecule has 0 aliphatic heterocycles. The molecular formula is C17H12F6N2O3S. The molecule has 29 heavy (non-hydrogen) atoms. The first-order valence-electron chi connectivity index (χ1n) is 7.64. The summed E-state index contributed by atoms with van der Waals surface area (Å²) < 4.78 is 89.9. The molecule has 0 spiro atoms. The predicted molar refractivity (Wildman–Crippen MR) is 91.1 cm³/mol. The number of halogens is 6. The van der Waals surface area contributed by atoms with Crippen LogP contribution in [0.25, 0.3) is 0 Å². The molecule has 1 atom stereocenters. The number of hydrogen-bond acceptors (Lipinski definition) is 3. The molecule has 0 aromatic heterocycles. The van der Waals surface area contributed by atoms with E-state index < -0.39 is 61.8 Å². The number of nitrogens with zero attached hydrogens (tertiary/aromatic N) is 2. The molecule has 0 aliphatic carbocycles. The van der Waals surface area contributed by atoms with Crippen molar-refractivity contribution in [2.75, 3.05) is 19.0 Å². The highest BCUT2D eigenvalue weighted by molar-refractivity contribution is 7.86. The van der Waals surface area contributed by atoms with Gasteiger partial charge in [0.05, 0.1) is 16.1 Å². The summed E-state index contributed by atoms with van der Waals surface area (Å²) in [5.41, 5.74) is -6.37. The maximum Gasteiger partial charge on any atom is 0.475 e. The largest absolute Gasteiger partial charge is 0.475 e. The normalized spacial score (nSPS) is 12.4. The Morgan fingerprint density at radius 3 is 2.14 bits per heavy atom. The van der Waals surface area contributed by atoms with Gasteiger partial charge >= 0.3 is 11.5 Å². The number of carbonyl (C=O) groups is 2. The quantitative estimate of drug-likeness (QED) is 0.680. The summed E-state index contributed by atoms with van der Waals surface area (Å²) in [7, 11) is -1.54. The summed E-state index contributed by atoms with van der Waals surface area (Å²) in [4.78, 5) is 24.7. The minimum absolute atomic E-state index is 0.344. The fourth-order valence-electron chi connectivity index (χ4n) is 2.27. The molecule has 2 rings (SSSR count). The maximum atomic E-state index is 14.2. The molecule has 1 unspecified atom stereocenters. The molecule has 0 saturated heterocycles. The topological polar surface area (TPSA) is 57.7 Å². The molecule has 0 N–H and O–H groups in total. The van der Waals surface area contributed by atoms with Crippen molar-refractivity contribution in [1.82, 2.24) is 4.90 Å². The number of carbonyl (C=O) groups excluding carboxylic acids is 2. The van der Waals surface area contributed by atoms with Gasteiger partial charge in [-0.05, 0) is 30.3 Å². The Morgan fingerprint density at radius 1 is 0.966 bits per heavy atom. The molecule has 0 radical (unpaired) electrons. The van der Waals surface area contributed by atoms with Gasteiger partial charge in [-0.15, -0.1) is 0 Å². The zero-order valence-corrected chi connectivity index (χ0v) is 15.6. The third-order valence-corrected chi connectivity index (χ3v) is 4.87. The molecule has 5 nitrogen and oxygen atoms in total. The summed E-state index contributed by atoms with van der Waals surface area (Å²) in [5.74, 6) is -5.34. The highest BCUT2D eigenvalue weighted by Crippen LogP contribution is 2.29. The second kappa shape index (κ2) is 8.23. The number of amides is 3. The van der Waals surface area contributed by atoms with Crippen LogP contribution in [0.4, 0.5) is 36.8 Å². The van der Waals surface area contributed by atoms with Crippen molar-refractivity contribution in [3.8, 4) is 0 Å². The smallest absolute Gasteiger partial charge is 0.294 e. The van der Waals surface area contributed by atoms with Crippen LogP contribution >= 0.6 is 0 Å². The van der Waals surface area contributed by atoms with E-state index in [4.69, 9.17) is 0 Å². The van der Waals surface area contributed by atoms with Crippen molar-refractivity contribution in [3.05, 3.63) is 59.4 Å². The molecule has 12 heteroatoms. The molecule has 0 fully saturated rings. The van der Waals surface area contributed by atoms with Crippen LogP contribution in [-0.4, -0.2) is 40.7 Å². The van der Waals surface area contributed by atoms with Gasteiger partial charge in [0.2, 0.25) is 0 Å². The fourth-order valence-corrected chi connectivity index (χ4v) is 2.94. The summed E-state index contributed by atoms with van der Waals surface area (Å²) in [6.45, 7) is 0. The van der Waals surface area contributed by atoms with Crippen LogP contribution in [0.15, 0.2) is 41.3 Å². The standard InChI is InChI=1S/C17H12F6N2O3S/c1-24(13-7-6-9(8-12(13)19)29(28)17(21,22)23)16(27)25(2)15(26)10-4-3-5-11(18)14(10)20/h3-8H,1-2H3. The van der Waals surface area contributed by atoms with Crippen molar-refractivity contribution in [3.63, 3.8) is 0 Å². The van der Waals surface area contributed by atoms with Gasteiger partial charge in [0.25, 0.3) is 5.91 Å². The average Bonchev–Trinajstić information content (AvgIpc) is 2.66. The summed E-state index contributed by atoms with van der Waals surface area (Å²) in [6.07, 6.45) is 0. The molecule has 2 aromatic carbocycles. The lowest BCUT2D eigenvalue weighted by Crippen LogP contribution is -2.43. The van der Waals surface area contributed by atoms with Gasteiger partial charge in [0.1, 0.15) is 5.82 Å². The van der Waals surface area contributed by atoms with Crippen LogP contribution in [0, 0.1) is 17.5 Å². The zero-order chi connectivity index (χ0) is 22.1. The summed E-state index contributed by atoms with van der Waals surface area (Å²) >= 11 is 0.